The van der Waals surface area contributed by atoms with Crippen molar-refractivity contribution < 1.29 is 9.59 Å². The molecule has 2 amide bonds. The fourth-order valence-electron chi connectivity index (χ4n) is 3.10. The molecular weight excluding hydrogens is 314 g/mol. The number of carbonyl (C=O) groups excluding carboxylic acids is 2. The van der Waals surface area contributed by atoms with Crippen molar-refractivity contribution >= 4 is 11.8 Å². The summed E-state index contributed by atoms with van der Waals surface area (Å²) in [5, 5.41) is 2.95. The van der Waals surface area contributed by atoms with Crippen LogP contribution in [0.25, 0.3) is 0 Å². The van der Waals surface area contributed by atoms with Gasteiger partial charge in [-0.3, -0.25) is 14.6 Å². The Morgan fingerprint density at radius 3 is 2.84 bits per heavy atom. The highest BCUT2D eigenvalue weighted by molar-refractivity contribution is 5.89. The second kappa shape index (κ2) is 7.92. The van der Waals surface area contributed by atoms with Gasteiger partial charge in [0.25, 0.3) is 0 Å². The van der Waals surface area contributed by atoms with Gasteiger partial charge in [-0.25, -0.2) is 0 Å². The predicted octanol–water partition coefficient (Wildman–Crippen LogP) is 2.10. The summed E-state index contributed by atoms with van der Waals surface area (Å²) >= 11 is 0. The van der Waals surface area contributed by atoms with Gasteiger partial charge in [-0.05, 0) is 36.1 Å². The third-order valence-corrected chi connectivity index (χ3v) is 4.69. The number of rotatable bonds is 6. The first-order valence-electron chi connectivity index (χ1n) is 8.62. The van der Waals surface area contributed by atoms with Crippen LogP contribution in [-0.4, -0.2) is 34.8 Å². The Bertz CT molecular complexity index is 746. The second-order valence-electron chi connectivity index (χ2n) is 6.50. The number of pyridine rings is 1. The molecule has 1 fully saturated rings. The number of aryl methyl sites for hydroxylation is 1. The van der Waals surface area contributed by atoms with Crippen molar-refractivity contribution in [3.63, 3.8) is 0 Å². The molecule has 1 N–H and O–H groups in total. The standard InChI is InChI=1S/C20H23N3O2/c1-15-12-21-9-7-17(15)13-22-20(25)18-11-19(24)23(14-18)10-8-16-5-3-2-4-6-16/h2-7,9,12,18H,8,10-11,13-14H2,1H3,(H,22,25). The molecule has 130 valence electrons. The highest BCUT2D eigenvalue weighted by Crippen LogP contribution is 2.19. The number of likely N-dealkylation sites (tertiary alicyclic amines) is 1. The van der Waals surface area contributed by atoms with Crippen LogP contribution in [0.1, 0.15) is 23.1 Å². The van der Waals surface area contributed by atoms with E-state index in [1.807, 2.05) is 31.2 Å². The van der Waals surface area contributed by atoms with Crippen molar-refractivity contribution in [1.82, 2.24) is 15.2 Å². The van der Waals surface area contributed by atoms with E-state index in [4.69, 9.17) is 0 Å². The van der Waals surface area contributed by atoms with Gasteiger partial charge in [0, 0.05) is 38.4 Å². The topological polar surface area (TPSA) is 62.3 Å². The predicted molar refractivity (Wildman–Crippen MR) is 95.7 cm³/mol. The number of carbonyl (C=O) groups is 2. The van der Waals surface area contributed by atoms with Gasteiger partial charge < -0.3 is 10.2 Å². The molecule has 2 heterocycles. The third kappa shape index (κ3) is 4.44. The molecule has 3 rings (SSSR count). The van der Waals surface area contributed by atoms with Gasteiger partial charge in [0.2, 0.25) is 11.8 Å². The number of hydrogen-bond donors (Lipinski definition) is 1. The van der Waals surface area contributed by atoms with Crippen LogP contribution in [0.4, 0.5) is 0 Å². The molecule has 1 saturated heterocycles. The minimum absolute atomic E-state index is 0.0493. The first-order valence-corrected chi connectivity index (χ1v) is 8.62. The maximum Gasteiger partial charge on any atom is 0.225 e. The van der Waals surface area contributed by atoms with E-state index >= 15 is 0 Å². The van der Waals surface area contributed by atoms with Gasteiger partial charge in [0.1, 0.15) is 0 Å². The van der Waals surface area contributed by atoms with Crippen LogP contribution in [0.2, 0.25) is 0 Å². The maximum absolute atomic E-state index is 12.4. The van der Waals surface area contributed by atoms with Gasteiger partial charge in [0.05, 0.1) is 5.92 Å². The van der Waals surface area contributed by atoms with Crippen LogP contribution in [0.5, 0.6) is 0 Å². The van der Waals surface area contributed by atoms with Gasteiger partial charge in [0.15, 0.2) is 0 Å². The van der Waals surface area contributed by atoms with Crippen molar-refractivity contribution in [2.75, 3.05) is 13.1 Å². The second-order valence-corrected chi connectivity index (χ2v) is 6.50. The Labute approximate surface area is 148 Å². The van der Waals surface area contributed by atoms with E-state index in [9.17, 15) is 9.59 Å². The molecule has 2 aromatic rings. The molecule has 0 spiro atoms. The molecule has 25 heavy (non-hydrogen) atoms. The van der Waals surface area contributed by atoms with Crippen LogP contribution in [0.15, 0.2) is 48.8 Å². The van der Waals surface area contributed by atoms with Gasteiger partial charge in [-0.1, -0.05) is 30.3 Å². The van der Waals surface area contributed by atoms with Gasteiger partial charge >= 0.3 is 0 Å². The molecule has 0 saturated carbocycles. The lowest BCUT2D eigenvalue weighted by molar-refractivity contribution is -0.129. The van der Waals surface area contributed by atoms with Gasteiger partial charge in [-0.15, -0.1) is 0 Å². The normalized spacial score (nSPS) is 16.9. The average molecular weight is 337 g/mol. The lowest BCUT2D eigenvalue weighted by Gasteiger charge is -2.16. The van der Waals surface area contributed by atoms with Crippen LogP contribution >= 0.6 is 0 Å². The van der Waals surface area contributed by atoms with Crippen molar-refractivity contribution in [2.24, 2.45) is 5.92 Å². The summed E-state index contributed by atoms with van der Waals surface area (Å²) in [4.78, 5) is 30.4. The zero-order chi connectivity index (χ0) is 17.6. The Balaban J connectivity index is 1.49. The SMILES string of the molecule is Cc1cnccc1CNC(=O)C1CC(=O)N(CCc2ccccc2)C1. The van der Waals surface area contributed by atoms with E-state index in [0.717, 1.165) is 17.5 Å². The number of nitrogens with one attached hydrogen (secondary N) is 1. The highest BCUT2D eigenvalue weighted by Gasteiger charge is 2.33. The monoisotopic (exact) mass is 337 g/mol. The van der Waals surface area contributed by atoms with E-state index in [1.165, 1.54) is 5.56 Å². The minimum Gasteiger partial charge on any atom is -0.352 e. The fourth-order valence-corrected chi connectivity index (χ4v) is 3.10. The zero-order valence-electron chi connectivity index (χ0n) is 14.4. The van der Waals surface area contributed by atoms with E-state index in [-0.39, 0.29) is 17.7 Å². The molecule has 1 aliphatic heterocycles. The molecule has 0 radical (unpaired) electrons. The summed E-state index contributed by atoms with van der Waals surface area (Å²) in [7, 11) is 0. The summed E-state index contributed by atoms with van der Waals surface area (Å²) in [5.41, 5.74) is 3.31. The smallest absolute Gasteiger partial charge is 0.225 e. The summed E-state index contributed by atoms with van der Waals surface area (Å²) in [6, 6.07) is 12.0. The zero-order valence-corrected chi connectivity index (χ0v) is 14.4. The van der Waals surface area contributed by atoms with Crippen molar-refractivity contribution in [2.45, 2.75) is 26.3 Å². The lowest BCUT2D eigenvalue weighted by Crippen LogP contribution is -2.33. The maximum atomic E-state index is 12.4. The number of aromatic nitrogens is 1. The molecule has 0 aliphatic carbocycles. The lowest BCUT2D eigenvalue weighted by atomic mass is 10.1. The van der Waals surface area contributed by atoms with E-state index in [1.54, 1.807) is 17.3 Å². The molecule has 5 heteroatoms. The van der Waals surface area contributed by atoms with Crippen molar-refractivity contribution in [3.05, 3.63) is 65.5 Å². The molecular formula is C20H23N3O2. The Morgan fingerprint density at radius 2 is 2.08 bits per heavy atom. The van der Waals surface area contributed by atoms with Crippen LogP contribution < -0.4 is 5.32 Å². The molecule has 1 atom stereocenters. The summed E-state index contributed by atoms with van der Waals surface area (Å²) < 4.78 is 0. The van der Waals surface area contributed by atoms with Gasteiger partial charge in [-0.2, -0.15) is 0 Å². The number of hydrogen-bond acceptors (Lipinski definition) is 3. The molecule has 1 aliphatic rings. The molecule has 1 aromatic carbocycles. The van der Waals surface area contributed by atoms with Crippen LogP contribution in [-0.2, 0) is 22.6 Å². The number of nitrogens with zero attached hydrogens (tertiary/aromatic N) is 2. The van der Waals surface area contributed by atoms with Crippen molar-refractivity contribution in [3.8, 4) is 0 Å². The van der Waals surface area contributed by atoms with E-state index < -0.39 is 0 Å². The number of benzene rings is 1. The van der Waals surface area contributed by atoms with Crippen LogP contribution in [0.3, 0.4) is 0 Å². The fraction of sp³-hybridized carbons (Fsp3) is 0.350. The van der Waals surface area contributed by atoms with Crippen molar-refractivity contribution in [1.29, 1.82) is 0 Å². The Morgan fingerprint density at radius 1 is 1.28 bits per heavy atom. The minimum atomic E-state index is -0.259. The summed E-state index contributed by atoms with van der Waals surface area (Å²) in [5.74, 6) is -0.242. The summed E-state index contributed by atoms with van der Waals surface area (Å²) in [6.45, 7) is 3.61. The summed E-state index contributed by atoms with van der Waals surface area (Å²) in [6.07, 6.45) is 4.62. The largest absolute Gasteiger partial charge is 0.352 e. The molecule has 1 unspecified atom stereocenters. The van der Waals surface area contributed by atoms with E-state index in [0.29, 0.717) is 26.1 Å². The Kier molecular flexibility index (Phi) is 5.43. The Hall–Kier alpha value is -2.69. The third-order valence-electron chi connectivity index (χ3n) is 4.69. The molecule has 0 bridgehead atoms. The molecule has 5 nitrogen and oxygen atoms in total. The number of amides is 2. The van der Waals surface area contributed by atoms with Crippen LogP contribution in [0, 0.1) is 12.8 Å². The highest BCUT2D eigenvalue weighted by atomic mass is 16.2. The first kappa shape index (κ1) is 17.1. The molecule has 1 aromatic heterocycles. The average Bonchev–Trinajstić information content (AvgIpc) is 3.01. The quantitative estimate of drug-likeness (QED) is 0.878. The van der Waals surface area contributed by atoms with E-state index in [2.05, 4.69) is 22.4 Å². The first-order chi connectivity index (χ1) is 12.1.